The predicted octanol–water partition coefficient (Wildman–Crippen LogP) is 5.08. The molecule has 0 N–H and O–H groups in total. The molecule has 7 nitrogen and oxygen atoms in total. The fourth-order valence-electron chi connectivity index (χ4n) is 3.49. The van der Waals surface area contributed by atoms with E-state index in [9.17, 15) is 14.5 Å². The highest BCUT2D eigenvalue weighted by Crippen LogP contribution is 2.43. The van der Waals surface area contributed by atoms with E-state index in [2.05, 4.69) is 15.0 Å². The number of nitro benzene ring substituents is 1. The van der Waals surface area contributed by atoms with Gasteiger partial charge in [-0.3, -0.25) is 15.1 Å². The van der Waals surface area contributed by atoms with Gasteiger partial charge in [0.1, 0.15) is 10.6 Å². The van der Waals surface area contributed by atoms with Crippen molar-refractivity contribution in [3.63, 3.8) is 0 Å². The number of rotatable bonds is 4. The summed E-state index contributed by atoms with van der Waals surface area (Å²) in [5, 5.41) is 12.1. The molecule has 144 valence electrons. The van der Waals surface area contributed by atoms with Crippen molar-refractivity contribution in [1.29, 1.82) is 0 Å². The van der Waals surface area contributed by atoms with Crippen LogP contribution in [0, 0.1) is 15.9 Å². The van der Waals surface area contributed by atoms with Crippen LogP contribution in [0.4, 0.5) is 10.1 Å². The SMILES string of the molecule is O=[N+]([O-])c1ccc(F)cc1Oc1nc(-c2cccnc2)nc2sc3c(c12)CCC3. The fourth-order valence-corrected chi connectivity index (χ4v) is 4.74. The van der Waals surface area contributed by atoms with E-state index in [4.69, 9.17) is 4.74 Å². The summed E-state index contributed by atoms with van der Waals surface area (Å²) < 4.78 is 19.7. The van der Waals surface area contributed by atoms with Crippen molar-refractivity contribution in [1.82, 2.24) is 15.0 Å². The Kier molecular flexibility index (Phi) is 4.17. The highest BCUT2D eigenvalue weighted by molar-refractivity contribution is 7.19. The normalized spacial score (nSPS) is 12.9. The third kappa shape index (κ3) is 3.09. The monoisotopic (exact) mass is 408 g/mol. The molecule has 1 aromatic carbocycles. The van der Waals surface area contributed by atoms with Crippen LogP contribution in [0.1, 0.15) is 16.9 Å². The van der Waals surface area contributed by atoms with Crippen molar-refractivity contribution in [3.8, 4) is 23.0 Å². The lowest BCUT2D eigenvalue weighted by Crippen LogP contribution is -1.99. The van der Waals surface area contributed by atoms with Crippen LogP contribution in [0.15, 0.2) is 42.7 Å². The van der Waals surface area contributed by atoms with Crippen LogP contribution in [0.25, 0.3) is 21.6 Å². The summed E-state index contributed by atoms with van der Waals surface area (Å²) in [6.07, 6.45) is 6.14. The smallest absolute Gasteiger partial charge is 0.311 e. The number of nitro groups is 1. The van der Waals surface area contributed by atoms with Crippen molar-refractivity contribution in [2.45, 2.75) is 19.3 Å². The first-order valence-electron chi connectivity index (χ1n) is 8.94. The molecular formula is C20H13FN4O3S. The van der Waals surface area contributed by atoms with Gasteiger partial charge in [0.05, 0.1) is 10.3 Å². The Morgan fingerprint density at radius 3 is 2.90 bits per heavy atom. The van der Waals surface area contributed by atoms with Crippen LogP contribution in [0.3, 0.4) is 0 Å². The maximum absolute atomic E-state index is 13.8. The van der Waals surface area contributed by atoms with E-state index >= 15 is 0 Å². The summed E-state index contributed by atoms with van der Waals surface area (Å²) >= 11 is 1.57. The van der Waals surface area contributed by atoms with Crippen molar-refractivity contribution in [3.05, 3.63) is 69.1 Å². The zero-order valence-electron chi connectivity index (χ0n) is 15.0. The predicted molar refractivity (Wildman–Crippen MR) is 106 cm³/mol. The molecule has 29 heavy (non-hydrogen) atoms. The molecule has 5 rings (SSSR count). The Hall–Kier alpha value is -3.46. The molecule has 0 saturated heterocycles. The molecule has 4 aromatic rings. The van der Waals surface area contributed by atoms with E-state index in [0.717, 1.165) is 53.2 Å². The Balaban J connectivity index is 1.72. The van der Waals surface area contributed by atoms with E-state index < -0.39 is 10.7 Å². The maximum atomic E-state index is 13.8. The van der Waals surface area contributed by atoms with Crippen LogP contribution < -0.4 is 4.74 Å². The molecule has 0 unspecified atom stereocenters. The van der Waals surface area contributed by atoms with Gasteiger partial charge in [-0.15, -0.1) is 11.3 Å². The number of fused-ring (bicyclic) bond motifs is 3. The average molecular weight is 408 g/mol. The van der Waals surface area contributed by atoms with Gasteiger partial charge >= 0.3 is 5.69 Å². The summed E-state index contributed by atoms with van der Waals surface area (Å²) in [7, 11) is 0. The number of ether oxygens (including phenoxy) is 1. The Bertz CT molecular complexity index is 1260. The number of aromatic nitrogens is 3. The number of nitrogens with zero attached hydrogens (tertiary/aromatic N) is 4. The molecule has 1 aliphatic carbocycles. The van der Waals surface area contributed by atoms with E-state index in [-0.39, 0.29) is 17.3 Å². The van der Waals surface area contributed by atoms with Gasteiger partial charge in [0, 0.05) is 35.0 Å². The molecule has 3 heterocycles. The average Bonchev–Trinajstić information content (AvgIpc) is 3.29. The van der Waals surface area contributed by atoms with Gasteiger partial charge in [0.2, 0.25) is 11.6 Å². The minimum atomic E-state index is -0.626. The number of hydrogen-bond acceptors (Lipinski definition) is 7. The molecule has 1 aliphatic rings. The molecule has 3 aromatic heterocycles. The summed E-state index contributed by atoms with van der Waals surface area (Å²) in [5.74, 6) is -0.217. The van der Waals surface area contributed by atoms with Crippen molar-refractivity contribution >= 4 is 27.2 Å². The van der Waals surface area contributed by atoms with Crippen molar-refractivity contribution in [2.24, 2.45) is 0 Å². The summed E-state index contributed by atoms with van der Waals surface area (Å²) in [5.41, 5.74) is 1.48. The maximum Gasteiger partial charge on any atom is 0.311 e. The molecule has 0 spiro atoms. The minimum Gasteiger partial charge on any atom is -0.431 e. The number of benzene rings is 1. The molecule has 0 fully saturated rings. The van der Waals surface area contributed by atoms with Crippen molar-refractivity contribution < 1.29 is 14.1 Å². The second-order valence-corrected chi connectivity index (χ2v) is 7.69. The molecule has 0 radical (unpaired) electrons. The van der Waals surface area contributed by atoms with Gasteiger partial charge in [0.15, 0.2) is 5.82 Å². The minimum absolute atomic E-state index is 0.190. The second-order valence-electron chi connectivity index (χ2n) is 6.60. The standard InChI is InChI=1S/C20H13FN4O3S/c21-12-6-7-14(25(26)27)15(9-12)28-19-17-13-4-1-5-16(13)29-20(17)24-18(23-19)11-3-2-8-22-10-11/h2-3,6-10H,1,4-5H2. The topological polar surface area (TPSA) is 91.0 Å². The van der Waals surface area contributed by atoms with Gasteiger partial charge in [0.25, 0.3) is 0 Å². The van der Waals surface area contributed by atoms with E-state index in [0.29, 0.717) is 11.4 Å². The number of halogens is 1. The lowest BCUT2D eigenvalue weighted by molar-refractivity contribution is -0.385. The number of aryl methyl sites for hydroxylation is 2. The Morgan fingerprint density at radius 1 is 1.21 bits per heavy atom. The van der Waals surface area contributed by atoms with Crippen LogP contribution in [-0.4, -0.2) is 19.9 Å². The number of pyridine rings is 1. The Morgan fingerprint density at radius 2 is 2.10 bits per heavy atom. The molecule has 0 amide bonds. The Labute approximate surface area is 168 Å². The summed E-state index contributed by atoms with van der Waals surface area (Å²) in [4.78, 5) is 26.0. The fraction of sp³-hybridized carbons (Fsp3) is 0.150. The largest absolute Gasteiger partial charge is 0.431 e. The van der Waals surface area contributed by atoms with Crippen LogP contribution in [0.5, 0.6) is 11.6 Å². The second kappa shape index (κ2) is 6.85. The first-order valence-corrected chi connectivity index (χ1v) is 9.76. The quantitative estimate of drug-likeness (QED) is 0.345. The lowest BCUT2D eigenvalue weighted by atomic mass is 10.2. The summed E-state index contributed by atoms with van der Waals surface area (Å²) in [6, 6.07) is 6.72. The van der Waals surface area contributed by atoms with Crippen LogP contribution in [0.2, 0.25) is 0 Å². The van der Waals surface area contributed by atoms with E-state index in [1.807, 2.05) is 6.07 Å². The first-order chi connectivity index (χ1) is 14.1. The third-order valence-corrected chi connectivity index (χ3v) is 5.96. The van der Waals surface area contributed by atoms with Crippen LogP contribution in [-0.2, 0) is 12.8 Å². The molecule has 0 aliphatic heterocycles. The molecule has 0 bridgehead atoms. The van der Waals surface area contributed by atoms with Gasteiger partial charge in [-0.25, -0.2) is 9.37 Å². The zero-order chi connectivity index (χ0) is 20.0. The van der Waals surface area contributed by atoms with E-state index in [1.54, 1.807) is 29.8 Å². The number of thiophene rings is 1. The van der Waals surface area contributed by atoms with Crippen LogP contribution >= 0.6 is 11.3 Å². The van der Waals surface area contributed by atoms with Crippen molar-refractivity contribution in [2.75, 3.05) is 0 Å². The highest BCUT2D eigenvalue weighted by Gasteiger charge is 2.26. The van der Waals surface area contributed by atoms with Gasteiger partial charge in [-0.2, -0.15) is 4.98 Å². The van der Waals surface area contributed by atoms with Gasteiger partial charge < -0.3 is 4.74 Å². The molecule has 9 heteroatoms. The molecular weight excluding hydrogens is 395 g/mol. The van der Waals surface area contributed by atoms with Gasteiger partial charge in [-0.1, -0.05) is 0 Å². The molecule has 0 saturated carbocycles. The highest BCUT2D eigenvalue weighted by atomic mass is 32.1. The lowest BCUT2D eigenvalue weighted by Gasteiger charge is -2.10. The summed E-state index contributed by atoms with van der Waals surface area (Å²) in [6.45, 7) is 0. The molecule has 0 atom stereocenters. The number of hydrogen-bond donors (Lipinski definition) is 0. The first kappa shape index (κ1) is 17.6. The third-order valence-electron chi connectivity index (χ3n) is 4.78. The van der Waals surface area contributed by atoms with E-state index in [1.165, 1.54) is 4.88 Å². The van der Waals surface area contributed by atoms with Gasteiger partial charge in [-0.05, 0) is 43.0 Å². The zero-order valence-corrected chi connectivity index (χ0v) is 15.8.